The number of carbonyl (C=O) groups excluding carboxylic acids is 1. The molecule has 0 aliphatic carbocycles. The van der Waals surface area contributed by atoms with Gasteiger partial charge in [-0.3, -0.25) is 4.79 Å². The molecule has 4 heteroatoms. The van der Waals surface area contributed by atoms with Crippen LogP contribution in [0.1, 0.15) is 30.1 Å². The van der Waals surface area contributed by atoms with Crippen LogP contribution in [0.4, 0.5) is 5.69 Å². The van der Waals surface area contributed by atoms with Gasteiger partial charge in [-0.2, -0.15) is 0 Å². The molecule has 1 saturated heterocycles. The fourth-order valence-electron chi connectivity index (χ4n) is 2.61. The third kappa shape index (κ3) is 2.89. The lowest BCUT2D eigenvalue weighted by Crippen LogP contribution is -2.37. The fraction of sp³-hybridized carbons (Fsp3) is 0.533. The van der Waals surface area contributed by atoms with Crippen LogP contribution < -0.4 is 9.64 Å². The number of ether oxygens (including phenoxy) is 2. The van der Waals surface area contributed by atoms with Crippen molar-refractivity contribution in [2.75, 3.05) is 32.3 Å². The van der Waals surface area contributed by atoms with Crippen molar-refractivity contribution < 1.29 is 14.3 Å². The van der Waals surface area contributed by atoms with Crippen LogP contribution in [0.15, 0.2) is 18.2 Å². The molecule has 0 spiro atoms. The maximum absolute atomic E-state index is 11.9. The Hall–Kier alpha value is -1.55. The number of nitrogens with zero attached hydrogens (tertiary/aromatic N) is 1. The van der Waals surface area contributed by atoms with E-state index in [1.54, 1.807) is 14.0 Å². The van der Waals surface area contributed by atoms with E-state index in [4.69, 9.17) is 9.47 Å². The van der Waals surface area contributed by atoms with E-state index in [2.05, 4.69) is 4.90 Å². The number of hydrogen-bond donors (Lipinski definition) is 0. The van der Waals surface area contributed by atoms with Crippen molar-refractivity contribution >= 4 is 11.5 Å². The number of carbonyl (C=O) groups is 1. The first kappa shape index (κ1) is 13.9. The van der Waals surface area contributed by atoms with E-state index in [0.717, 1.165) is 31.7 Å². The molecular weight excluding hydrogens is 242 g/mol. The van der Waals surface area contributed by atoms with E-state index in [1.165, 1.54) is 0 Å². The van der Waals surface area contributed by atoms with E-state index >= 15 is 0 Å². The first-order valence-corrected chi connectivity index (χ1v) is 6.63. The molecule has 1 fully saturated rings. The summed E-state index contributed by atoms with van der Waals surface area (Å²) in [4.78, 5) is 14.1. The number of anilines is 1. The average Bonchev–Trinajstić information content (AvgIpc) is 2.46. The van der Waals surface area contributed by atoms with E-state index in [1.807, 2.05) is 25.2 Å². The minimum atomic E-state index is 0.0337. The lowest BCUT2D eigenvalue weighted by Gasteiger charge is -2.34. The van der Waals surface area contributed by atoms with Crippen LogP contribution in [0.25, 0.3) is 0 Å². The van der Waals surface area contributed by atoms with Crippen LogP contribution in [0, 0.1) is 0 Å². The molecule has 19 heavy (non-hydrogen) atoms. The maximum Gasteiger partial charge on any atom is 0.165 e. The predicted molar refractivity (Wildman–Crippen MR) is 75.2 cm³/mol. The second-order valence-corrected chi connectivity index (χ2v) is 4.87. The number of Topliss-reactive ketones (excluding diaryl/α,β-unsaturated/α-hetero) is 1. The Balaban J connectivity index is 2.34. The lowest BCUT2D eigenvalue weighted by atomic mass is 10.0. The standard InChI is InChI=1S/C15H21NO3/c1-11(17)15-13(5-4-6-14(15)18-3)16(2)12-7-9-19-10-8-12/h4-6,12H,7-10H2,1-3H3. The zero-order valence-electron chi connectivity index (χ0n) is 11.8. The van der Waals surface area contributed by atoms with E-state index < -0.39 is 0 Å². The smallest absolute Gasteiger partial charge is 0.165 e. The average molecular weight is 263 g/mol. The Kier molecular flexibility index (Phi) is 4.43. The number of ketones is 1. The number of methoxy groups -OCH3 is 1. The summed E-state index contributed by atoms with van der Waals surface area (Å²) in [6.45, 7) is 3.15. The van der Waals surface area contributed by atoms with Gasteiger partial charge in [-0.15, -0.1) is 0 Å². The van der Waals surface area contributed by atoms with Gasteiger partial charge >= 0.3 is 0 Å². The molecule has 1 heterocycles. The zero-order chi connectivity index (χ0) is 13.8. The van der Waals surface area contributed by atoms with Gasteiger partial charge in [0.2, 0.25) is 0 Å². The summed E-state index contributed by atoms with van der Waals surface area (Å²) in [7, 11) is 3.64. The van der Waals surface area contributed by atoms with Gasteiger partial charge in [0.05, 0.1) is 18.4 Å². The van der Waals surface area contributed by atoms with Gasteiger partial charge in [0.15, 0.2) is 5.78 Å². The van der Waals surface area contributed by atoms with Gasteiger partial charge < -0.3 is 14.4 Å². The molecule has 1 aliphatic heterocycles. The summed E-state index contributed by atoms with van der Waals surface area (Å²) in [6, 6.07) is 6.15. The molecule has 0 saturated carbocycles. The summed E-state index contributed by atoms with van der Waals surface area (Å²) < 4.78 is 10.7. The van der Waals surface area contributed by atoms with Crippen molar-refractivity contribution in [3.05, 3.63) is 23.8 Å². The van der Waals surface area contributed by atoms with Crippen LogP contribution in [0.2, 0.25) is 0 Å². The quantitative estimate of drug-likeness (QED) is 0.782. The van der Waals surface area contributed by atoms with Gasteiger partial charge in [0, 0.05) is 26.3 Å². The number of benzene rings is 1. The minimum Gasteiger partial charge on any atom is -0.496 e. The maximum atomic E-state index is 11.9. The van der Waals surface area contributed by atoms with E-state index in [0.29, 0.717) is 17.4 Å². The van der Waals surface area contributed by atoms with Crippen LogP contribution in [0.5, 0.6) is 5.75 Å². The molecular formula is C15H21NO3. The van der Waals surface area contributed by atoms with Gasteiger partial charge in [0.1, 0.15) is 5.75 Å². The van der Waals surface area contributed by atoms with Crippen molar-refractivity contribution in [3.8, 4) is 5.75 Å². The predicted octanol–water partition coefficient (Wildman–Crippen LogP) is 2.51. The Morgan fingerprint density at radius 3 is 2.63 bits per heavy atom. The second-order valence-electron chi connectivity index (χ2n) is 4.87. The Labute approximate surface area is 114 Å². The SMILES string of the molecule is COc1cccc(N(C)C2CCOCC2)c1C(C)=O. The van der Waals surface area contributed by atoms with E-state index in [9.17, 15) is 4.79 Å². The lowest BCUT2D eigenvalue weighted by molar-refractivity contribution is 0.0854. The van der Waals surface area contributed by atoms with Crippen LogP contribution in [0.3, 0.4) is 0 Å². The van der Waals surface area contributed by atoms with Crippen LogP contribution in [-0.4, -0.2) is 39.2 Å². The first-order valence-electron chi connectivity index (χ1n) is 6.63. The van der Waals surface area contributed by atoms with Gasteiger partial charge in [-0.05, 0) is 31.9 Å². The molecule has 0 bridgehead atoms. The highest BCUT2D eigenvalue weighted by Crippen LogP contribution is 2.31. The summed E-state index contributed by atoms with van der Waals surface area (Å²) in [5.74, 6) is 0.676. The molecule has 0 atom stereocenters. The summed E-state index contributed by atoms with van der Waals surface area (Å²) >= 11 is 0. The highest BCUT2D eigenvalue weighted by molar-refractivity contribution is 6.02. The minimum absolute atomic E-state index is 0.0337. The molecule has 0 radical (unpaired) electrons. The van der Waals surface area contributed by atoms with Crippen molar-refractivity contribution in [1.29, 1.82) is 0 Å². The van der Waals surface area contributed by atoms with Crippen molar-refractivity contribution in [2.45, 2.75) is 25.8 Å². The Bertz CT molecular complexity index is 453. The molecule has 1 aromatic carbocycles. The molecule has 2 rings (SSSR count). The normalized spacial score (nSPS) is 16.2. The summed E-state index contributed by atoms with van der Waals surface area (Å²) in [6.07, 6.45) is 1.98. The molecule has 1 aliphatic rings. The highest BCUT2D eigenvalue weighted by Gasteiger charge is 2.23. The molecule has 1 aromatic rings. The Morgan fingerprint density at radius 2 is 2.05 bits per heavy atom. The van der Waals surface area contributed by atoms with Crippen molar-refractivity contribution in [1.82, 2.24) is 0 Å². The molecule has 4 nitrogen and oxygen atoms in total. The van der Waals surface area contributed by atoms with Crippen LogP contribution in [-0.2, 0) is 4.74 Å². The van der Waals surface area contributed by atoms with Crippen molar-refractivity contribution in [2.24, 2.45) is 0 Å². The zero-order valence-corrected chi connectivity index (χ0v) is 11.8. The van der Waals surface area contributed by atoms with Gasteiger partial charge in [-0.25, -0.2) is 0 Å². The van der Waals surface area contributed by atoms with Gasteiger partial charge in [-0.1, -0.05) is 6.07 Å². The van der Waals surface area contributed by atoms with Crippen molar-refractivity contribution in [3.63, 3.8) is 0 Å². The number of hydrogen-bond acceptors (Lipinski definition) is 4. The molecule has 0 N–H and O–H groups in total. The van der Waals surface area contributed by atoms with Gasteiger partial charge in [0.25, 0.3) is 0 Å². The Morgan fingerprint density at radius 1 is 1.37 bits per heavy atom. The number of rotatable bonds is 4. The summed E-state index contributed by atoms with van der Waals surface area (Å²) in [5, 5.41) is 0. The highest BCUT2D eigenvalue weighted by atomic mass is 16.5. The second kappa shape index (κ2) is 6.06. The third-order valence-electron chi connectivity index (χ3n) is 3.69. The van der Waals surface area contributed by atoms with E-state index in [-0.39, 0.29) is 5.78 Å². The summed E-state index contributed by atoms with van der Waals surface area (Å²) in [5.41, 5.74) is 1.61. The molecule has 104 valence electrons. The fourth-order valence-corrected chi connectivity index (χ4v) is 2.61. The monoisotopic (exact) mass is 263 g/mol. The topological polar surface area (TPSA) is 38.8 Å². The molecule has 0 aromatic heterocycles. The largest absolute Gasteiger partial charge is 0.496 e. The van der Waals surface area contributed by atoms with Crippen LogP contribution >= 0.6 is 0 Å². The third-order valence-corrected chi connectivity index (χ3v) is 3.69. The molecule has 0 amide bonds. The molecule has 0 unspecified atom stereocenters. The first-order chi connectivity index (χ1) is 9.15.